The second kappa shape index (κ2) is 4.57. The van der Waals surface area contributed by atoms with E-state index in [0.29, 0.717) is 11.9 Å². The summed E-state index contributed by atoms with van der Waals surface area (Å²) in [7, 11) is 0. The van der Waals surface area contributed by atoms with Crippen molar-refractivity contribution in [3.8, 4) is 0 Å². The third-order valence-corrected chi connectivity index (χ3v) is 2.83. The molecular weight excluding hydrogens is 193 g/mol. The number of aromatic nitrogens is 1. The van der Waals surface area contributed by atoms with Gasteiger partial charge in [0.1, 0.15) is 0 Å². The molecule has 3 nitrogen and oxygen atoms in total. The molecule has 1 saturated heterocycles. The van der Waals surface area contributed by atoms with Crippen LogP contribution in [0.3, 0.4) is 0 Å². The molecule has 1 aromatic rings. The van der Waals surface area contributed by atoms with Crippen LogP contribution in [-0.4, -0.2) is 30.7 Å². The van der Waals surface area contributed by atoms with Crippen LogP contribution >= 0.6 is 0 Å². The Morgan fingerprint density at radius 3 is 3.13 bits per heavy atom. The summed E-state index contributed by atoms with van der Waals surface area (Å²) in [5.41, 5.74) is 0. The summed E-state index contributed by atoms with van der Waals surface area (Å²) in [5.74, 6) is 0.250. The maximum absolute atomic E-state index is 13.6. The van der Waals surface area contributed by atoms with Crippen LogP contribution in [0.4, 0.5) is 10.2 Å². The Labute approximate surface area is 89.3 Å². The molecule has 1 N–H and O–H groups in total. The van der Waals surface area contributed by atoms with Gasteiger partial charge in [-0.3, -0.25) is 0 Å². The van der Waals surface area contributed by atoms with Crippen molar-refractivity contribution in [1.29, 1.82) is 0 Å². The Kier molecular flexibility index (Phi) is 3.16. The van der Waals surface area contributed by atoms with Gasteiger partial charge in [0.05, 0.1) is 0 Å². The molecule has 0 spiro atoms. The second-order valence-electron chi connectivity index (χ2n) is 3.74. The zero-order valence-electron chi connectivity index (χ0n) is 8.91. The largest absolute Gasteiger partial charge is 0.350 e. The lowest BCUT2D eigenvalue weighted by Crippen LogP contribution is -2.37. The standard InChI is InChI=1S/C11H16FN3/c1-2-15(9-5-7-13-8-9)11-10(12)4-3-6-14-11/h3-4,6,9,13H,2,5,7-8H2,1H3. The molecule has 0 aromatic carbocycles. The van der Waals surface area contributed by atoms with Crippen molar-refractivity contribution < 1.29 is 4.39 Å². The molecule has 1 unspecified atom stereocenters. The highest BCUT2D eigenvalue weighted by molar-refractivity contribution is 5.41. The molecule has 0 saturated carbocycles. The van der Waals surface area contributed by atoms with E-state index in [0.717, 1.165) is 26.1 Å². The van der Waals surface area contributed by atoms with E-state index >= 15 is 0 Å². The summed E-state index contributed by atoms with van der Waals surface area (Å²) in [6.45, 7) is 4.76. The Morgan fingerprint density at radius 1 is 1.67 bits per heavy atom. The van der Waals surface area contributed by atoms with Crippen LogP contribution in [0.15, 0.2) is 18.3 Å². The molecule has 2 heterocycles. The number of rotatable bonds is 3. The molecule has 2 rings (SSSR count). The molecule has 82 valence electrons. The van der Waals surface area contributed by atoms with Crippen molar-refractivity contribution in [2.45, 2.75) is 19.4 Å². The minimum Gasteiger partial charge on any atom is -0.350 e. The molecule has 15 heavy (non-hydrogen) atoms. The minimum absolute atomic E-state index is 0.230. The van der Waals surface area contributed by atoms with Gasteiger partial charge in [-0.05, 0) is 32.0 Å². The van der Waals surface area contributed by atoms with Gasteiger partial charge in [0.2, 0.25) is 0 Å². The first-order chi connectivity index (χ1) is 7.33. The second-order valence-corrected chi connectivity index (χ2v) is 3.74. The highest BCUT2D eigenvalue weighted by atomic mass is 19.1. The Balaban J connectivity index is 2.22. The predicted molar refractivity (Wildman–Crippen MR) is 58.5 cm³/mol. The summed E-state index contributed by atoms with van der Waals surface area (Å²) < 4.78 is 13.6. The average Bonchev–Trinajstić information content (AvgIpc) is 2.75. The van der Waals surface area contributed by atoms with Gasteiger partial charge in [0.25, 0.3) is 0 Å². The van der Waals surface area contributed by atoms with Crippen LogP contribution in [0.5, 0.6) is 0 Å². The summed E-state index contributed by atoms with van der Waals surface area (Å²) in [5, 5.41) is 3.28. The van der Waals surface area contributed by atoms with Crippen LogP contribution in [0.25, 0.3) is 0 Å². The maximum Gasteiger partial charge on any atom is 0.165 e. The van der Waals surface area contributed by atoms with Crippen LogP contribution < -0.4 is 10.2 Å². The minimum atomic E-state index is -0.230. The van der Waals surface area contributed by atoms with Crippen molar-refractivity contribution in [2.24, 2.45) is 0 Å². The Hall–Kier alpha value is -1.16. The molecule has 1 aliphatic rings. The monoisotopic (exact) mass is 209 g/mol. The van der Waals surface area contributed by atoms with Crippen molar-refractivity contribution >= 4 is 5.82 Å². The van der Waals surface area contributed by atoms with Gasteiger partial charge >= 0.3 is 0 Å². The lowest BCUT2D eigenvalue weighted by Gasteiger charge is -2.28. The normalized spacial score (nSPS) is 20.5. The van der Waals surface area contributed by atoms with Crippen molar-refractivity contribution in [3.05, 3.63) is 24.1 Å². The van der Waals surface area contributed by atoms with Crippen LogP contribution in [0.2, 0.25) is 0 Å². The van der Waals surface area contributed by atoms with Crippen LogP contribution in [0, 0.1) is 5.82 Å². The fourth-order valence-corrected chi connectivity index (χ4v) is 2.08. The van der Waals surface area contributed by atoms with E-state index in [1.54, 1.807) is 12.3 Å². The zero-order chi connectivity index (χ0) is 10.7. The third-order valence-electron chi connectivity index (χ3n) is 2.83. The smallest absolute Gasteiger partial charge is 0.165 e. The molecule has 1 fully saturated rings. The molecule has 0 aliphatic carbocycles. The third kappa shape index (κ3) is 2.09. The number of hydrogen-bond donors (Lipinski definition) is 1. The summed E-state index contributed by atoms with van der Waals surface area (Å²) >= 11 is 0. The van der Waals surface area contributed by atoms with E-state index in [1.165, 1.54) is 6.07 Å². The topological polar surface area (TPSA) is 28.2 Å². The molecule has 0 radical (unpaired) electrons. The SMILES string of the molecule is CCN(c1ncccc1F)C1CCNC1. The highest BCUT2D eigenvalue weighted by Gasteiger charge is 2.23. The molecule has 0 bridgehead atoms. The van der Waals surface area contributed by atoms with Gasteiger partial charge in [-0.2, -0.15) is 0 Å². The van der Waals surface area contributed by atoms with Gasteiger partial charge in [-0.1, -0.05) is 0 Å². The van der Waals surface area contributed by atoms with E-state index in [9.17, 15) is 4.39 Å². The average molecular weight is 209 g/mol. The van der Waals surface area contributed by atoms with Gasteiger partial charge in [-0.15, -0.1) is 0 Å². The number of hydrogen-bond acceptors (Lipinski definition) is 3. The van der Waals surface area contributed by atoms with Crippen molar-refractivity contribution in [3.63, 3.8) is 0 Å². The molecular formula is C11H16FN3. The molecule has 1 aromatic heterocycles. The molecule has 0 amide bonds. The first kappa shape index (κ1) is 10.4. The maximum atomic E-state index is 13.6. The number of nitrogens with zero attached hydrogens (tertiary/aromatic N) is 2. The van der Waals surface area contributed by atoms with E-state index in [1.807, 2.05) is 11.8 Å². The molecule has 1 aliphatic heterocycles. The van der Waals surface area contributed by atoms with Gasteiger partial charge in [-0.25, -0.2) is 9.37 Å². The lowest BCUT2D eigenvalue weighted by molar-refractivity contribution is 0.580. The van der Waals surface area contributed by atoms with E-state index < -0.39 is 0 Å². The highest BCUT2D eigenvalue weighted by Crippen LogP contribution is 2.20. The van der Waals surface area contributed by atoms with E-state index in [2.05, 4.69) is 10.3 Å². The summed E-state index contributed by atoms with van der Waals surface area (Å²) in [6, 6.07) is 3.46. The molecule has 1 atom stereocenters. The van der Waals surface area contributed by atoms with Crippen molar-refractivity contribution in [1.82, 2.24) is 10.3 Å². The number of anilines is 1. The first-order valence-corrected chi connectivity index (χ1v) is 5.40. The fourth-order valence-electron chi connectivity index (χ4n) is 2.08. The quantitative estimate of drug-likeness (QED) is 0.815. The van der Waals surface area contributed by atoms with E-state index in [-0.39, 0.29) is 5.82 Å². The Bertz CT molecular complexity index is 323. The first-order valence-electron chi connectivity index (χ1n) is 5.40. The number of pyridine rings is 1. The fraction of sp³-hybridized carbons (Fsp3) is 0.545. The van der Waals surface area contributed by atoms with Crippen molar-refractivity contribution in [2.75, 3.05) is 24.5 Å². The number of likely N-dealkylation sites (N-methyl/N-ethyl adjacent to an activating group) is 1. The van der Waals surface area contributed by atoms with Gasteiger partial charge in [0, 0.05) is 25.3 Å². The lowest BCUT2D eigenvalue weighted by atomic mass is 10.2. The number of halogens is 1. The van der Waals surface area contributed by atoms with E-state index in [4.69, 9.17) is 0 Å². The predicted octanol–water partition coefficient (Wildman–Crippen LogP) is 1.41. The number of nitrogens with one attached hydrogen (secondary N) is 1. The van der Waals surface area contributed by atoms with Crippen LogP contribution in [-0.2, 0) is 0 Å². The molecule has 4 heteroatoms. The van der Waals surface area contributed by atoms with Crippen LogP contribution in [0.1, 0.15) is 13.3 Å². The summed E-state index contributed by atoms with van der Waals surface area (Å²) in [6.07, 6.45) is 2.70. The summed E-state index contributed by atoms with van der Waals surface area (Å²) in [4.78, 5) is 6.15. The zero-order valence-corrected chi connectivity index (χ0v) is 8.91. The van der Waals surface area contributed by atoms with Gasteiger partial charge in [0.15, 0.2) is 11.6 Å². The van der Waals surface area contributed by atoms with Gasteiger partial charge < -0.3 is 10.2 Å². The Morgan fingerprint density at radius 2 is 2.53 bits per heavy atom.